The third-order valence-electron chi connectivity index (χ3n) is 3.69. The van der Waals surface area contributed by atoms with E-state index < -0.39 is 0 Å². The van der Waals surface area contributed by atoms with E-state index in [4.69, 9.17) is 0 Å². The number of hydrogen-bond donors (Lipinski definition) is 2. The Bertz CT molecular complexity index is 680. The first kappa shape index (κ1) is 15.0. The van der Waals surface area contributed by atoms with Crippen molar-refractivity contribution in [2.24, 2.45) is 0 Å². The van der Waals surface area contributed by atoms with Crippen LogP contribution in [0, 0.1) is 0 Å². The van der Waals surface area contributed by atoms with Gasteiger partial charge in [0.15, 0.2) is 11.5 Å². The third kappa shape index (κ3) is 2.83. The molecule has 1 amide bonds. The zero-order chi connectivity index (χ0) is 15.5. The predicted molar refractivity (Wildman–Crippen MR) is 87.1 cm³/mol. The molecule has 1 aliphatic heterocycles. The van der Waals surface area contributed by atoms with Crippen LogP contribution in [0.1, 0.15) is 35.9 Å². The summed E-state index contributed by atoms with van der Waals surface area (Å²) in [4.78, 5) is 22.9. The van der Waals surface area contributed by atoms with Gasteiger partial charge in [0.05, 0.1) is 10.7 Å². The molecule has 116 valence electrons. The van der Waals surface area contributed by atoms with Crippen molar-refractivity contribution in [2.75, 3.05) is 23.3 Å². The molecule has 0 radical (unpaired) electrons. The number of aromatic amines is 1. The lowest BCUT2D eigenvalue weighted by atomic mass is 10.3. The average Bonchev–Trinajstić information content (AvgIpc) is 3.17. The fourth-order valence-electron chi connectivity index (χ4n) is 2.52. The Labute approximate surface area is 136 Å². The number of aryl methyl sites for hydroxylation is 1. The van der Waals surface area contributed by atoms with Gasteiger partial charge in [0.2, 0.25) is 0 Å². The van der Waals surface area contributed by atoms with Gasteiger partial charge < -0.3 is 10.2 Å². The zero-order valence-corrected chi connectivity index (χ0v) is 13.9. The minimum atomic E-state index is -0.280. The quantitative estimate of drug-likeness (QED) is 0.869. The summed E-state index contributed by atoms with van der Waals surface area (Å²) in [6.07, 6.45) is 6.18. The van der Waals surface area contributed by atoms with Crippen molar-refractivity contribution < 1.29 is 4.79 Å². The van der Waals surface area contributed by atoms with Crippen LogP contribution >= 0.6 is 15.9 Å². The molecular formula is C14H17BrN6O. The molecule has 1 fully saturated rings. The Morgan fingerprint density at radius 2 is 2.23 bits per heavy atom. The van der Waals surface area contributed by atoms with Crippen LogP contribution in [0.25, 0.3) is 0 Å². The topological polar surface area (TPSA) is 86.8 Å². The highest BCUT2D eigenvalue weighted by atomic mass is 79.9. The molecule has 0 aliphatic carbocycles. The second kappa shape index (κ2) is 6.43. The van der Waals surface area contributed by atoms with Crippen molar-refractivity contribution in [2.45, 2.75) is 26.2 Å². The van der Waals surface area contributed by atoms with Gasteiger partial charge in [-0.1, -0.05) is 6.92 Å². The van der Waals surface area contributed by atoms with E-state index in [0.29, 0.717) is 15.9 Å². The smallest absolute Gasteiger partial charge is 0.277 e. The van der Waals surface area contributed by atoms with E-state index in [0.717, 1.165) is 43.9 Å². The molecular weight excluding hydrogens is 348 g/mol. The van der Waals surface area contributed by atoms with Crippen LogP contribution in [0.4, 0.5) is 11.5 Å². The maximum absolute atomic E-state index is 12.4. The van der Waals surface area contributed by atoms with Gasteiger partial charge in [-0.2, -0.15) is 5.10 Å². The van der Waals surface area contributed by atoms with Crippen LogP contribution in [0.15, 0.2) is 17.0 Å². The minimum absolute atomic E-state index is 0.280. The van der Waals surface area contributed by atoms with Crippen molar-refractivity contribution in [1.82, 2.24) is 20.2 Å². The van der Waals surface area contributed by atoms with Crippen molar-refractivity contribution in [1.29, 1.82) is 0 Å². The number of amides is 1. The third-order valence-corrected chi connectivity index (χ3v) is 4.54. The summed E-state index contributed by atoms with van der Waals surface area (Å²) in [7, 11) is 0. The predicted octanol–water partition coefficient (Wildman–Crippen LogP) is 2.38. The maximum Gasteiger partial charge on any atom is 0.277 e. The number of H-pyrrole nitrogens is 1. The lowest BCUT2D eigenvalue weighted by Crippen LogP contribution is -2.22. The SMILES string of the molecule is CCc1[nH]nc(C(=O)Nc2cncnc2N2CCCC2)c1Br. The fourth-order valence-corrected chi connectivity index (χ4v) is 3.16. The number of rotatable bonds is 4. The highest BCUT2D eigenvalue weighted by Crippen LogP contribution is 2.27. The Balaban J connectivity index is 1.83. The van der Waals surface area contributed by atoms with Crippen LogP contribution in [-0.4, -0.2) is 39.2 Å². The summed E-state index contributed by atoms with van der Waals surface area (Å²) in [5.41, 5.74) is 1.85. The molecule has 8 heteroatoms. The van der Waals surface area contributed by atoms with Crippen LogP contribution in [0.3, 0.4) is 0 Å². The first-order valence-electron chi connectivity index (χ1n) is 7.29. The average molecular weight is 365 g/mol. The van der Waals surface area contributed by atoms with E-state index in [-0.39, 0.29) is 5.91 Å². The zero-order valence-electron chi connectivity index (χ0n) is 12.3. The molecule has 0 saturated carbocycles. The Kier molecular flexibility index (Phi) is 4.37. The summed E-state index contributed by atoms with van der Waals surface area (Å²) in [6.45, 7) is 3.90. The molecule has 2 aromatic heterocycles. The van der Waals surface area contributed by atoms with E-state index in [9.17, 15) is 4.79 Å². The first-order chi connectivity index (χ1) is 10.7. The van der Waals surface area contributed by atoms with Crippen molar-refractivity contribution in [3.05, 3.63) is 28.4 Å². The molecule has 7 nitrogen and oxygen atoms in total. The molecule has 2 aromatic rings. The molecule has 0 aromatic carbocycles. The monoisotopic (exact) mass is 364 g/mol. The normalized spacial score (nSPS) is 14.4. The van der Waals surface area contributed by atoms with E-state index in [1.165, 1.54) is 6.33 Å². The summed E-state index contributed by atoms with van der Waals surface area (Å²) < 4.78 is 0.701. The standard InChI is InChI=1S/C14H17BrN6O/c1-2-9-11(15)12(20-19-9)14(22)18-10-7-16-8-17-13(10)21-5-3-4-6-21/h7-8H,2-6H2,1H3,(H,18,22)(H,19,20). The number of nitrogens with one attached hydrogen (secondary N) is 2. The number of nitrogens with zero attached hydrogens (tertiary/aromatic N) is 4. The van der Waals surface area contributed by atoms with E-state index in [2.05, 4.69) is 46.3 Å². The lowest BCUT2D eigenvalue weighted by Gasteiger charge is -2.19. The number of hydrogen-bond acceptors (Lipinski definition) is 5. The molecule has 3 rings (SSSR count). The van der Waals surface area contributed by atoms with Crippen LogP contribution in [-0.2, 0) is 6.42 Å². The van der Waals surface area contributed by atoms with Crippen molar-refractivity contribution in [3.8, 4) is 0 Å². The minimum Gasteiger partial charge on any atom is -0.355 e. The van der Waals surface area contributed by atoms with Gasteiger partial charge in [0.1, 0.15) is 12.0 Å². The molecule has 1 aliphatic rings. The van der Waals surface area contributed by atoms with E-state index in [1.807, 2.05) is 6.92 Å². The van der Waals surface area contributed by atoms with Crippen LogP contribution in [0.5, 0.6) is 0 Å². The second-order valence-corrected chi connectivity index (χ2v) is 5.92. The highest BCUT2D eigenvalue weighted by Gasteiger charge is 2.21. The Morgan fingerprint density at radius 1 is 1.45 bits per heavy atom. The van der Waals surface area contributed by atoms with Gasteiger partial charge >= 0.3 is 0 Å². The van der Waals surface area contributed by atoms with Crippen molar-refractivity contribution >= 4 is 33.3 Å². The van der Waals surface area contributed by atoms with Gasteiger partial charge in [-0.05, 0) is 35.2 Å². The fraction of sp³-hybridized carbons (Fsp3) is 0.429. The Hall–Kier alpha value is -1.96. The number of halogens is 1. The summed E-state index contributed by atoms with van der Waals surface area (Å²) in [5, 5.41) is 9.80. The molecule has 22 heavy (non-hydrogen) atoms. The van der Waals surface area contributed by atoms with Gasteiger partial charge in [0, 0.05) is 18.8 Å². The molecule has 2 N–H and O–H groups in total. The van der Waals surface area contributed by atoms with Crippen LogP contribution < -0.4 is 10.2 Å². The summed E-state index contributed by atoms with van der Waals surface area (Å²) in [5.74, 6) is 0.487. The number of anilines is 2. The van der Waals surface area contributed by atoms with Gasteiger partial charge in [-0.15, -0.1) is 0 Å². The maximum atomic E-state index is 12.4. The number of carbonyl (C=O) groups is 1. The van der Waals surface area contributed by atoms with E-state index >= 15 is 0 Å². The van der Waals surface area contributed by atoms with E-state index in [1.54, 1.807) is 6.20 Å². The lowest BCUT2D eigenvalue weighted by molar-refractivity contribution is 0.102. The first-order valence-corrected chi connectivity index (χ1v) is 8.09. The van der Waals surface area contributed by atoms with Gasteiger partial charge in [-0.25, -0.2) is 9.97 Å². The molecule has 0 unspecified atom stereocenters. The molecule has 1 saturated heterocycles. The van der Waals surface area contributed by atoms with Crippen LogP contribution in [0.2, 0.25) is 0 Å². The van der Waals surface area contributed by atoms with Gasteiger partial charge in [0.25, 0.3) is 5.91 Å². The Morgan fingerprint density at radius 3 is 2.91 bits per heavy atom. The molecule has 0 bridgehead atoms. The highest BCUT2D eigenvalue weighted by molar-refractivity contribution is 9.10. The summed E-state index contributed by atoms with van der Waals surface area (Å²) >= 11 is 3.41. The molecule has 0 spiro atoms. The molecule has 0 atom stereocenters. The van der Waals surface area contributed by atoms with Gasteiger partial charge in [-0.3, -0.25) is 9.89 Å². The van der Waals surface area contributed by atoms with Crippen molar-refractivity contribution in [3.63, 3.8) is 0 Å². The second-order valence-electron chi connectivity index (χ2n) is 5.13. The summed E-state index contributed by atoms with van der Waals surface area (Å²) in [6, 6.07) is 0. The largest absolute Gasteiger partial charge is 0.355 e. The number of aromatic nitrogens is 4. The molecule has 3 heterocycles. The number of carbonyl (C=O) groups excluding carboxylic acids is 1.